The molecule has 0 aliphatic rings. The molecule has 3 atom stereocenters. The zero-order chi connectivity index (χ0) is 21.0. The predicted octanol–water partition coefficient (Wildman–Crippen LogP) is 2.93. The molecule has 150 valence electrons. The van der Waals surface area contributed by atoms with Crippen LogP contribution in [0.3, 0.4) is 0 Å². The minimum Gasteiger partial charge on any atom is -0.479 e. The summed E-state index contributed by atoms with van der Waals surface area (Å²) in [5.74, 6) is -1.91. The third-order valence-corrected chi connectivity index (χ3v) is 5.11. The van der Waals surface area contributed by atoms with Crippen LogP contribution in [0.25, 0.3) is 10.9 Å². The van der Waals surface area contributed by atoms with Gasteiger partial charge in [-0.2, -0.15) is 0 Å². The van der Waals surface area contributed by atoms with Gasteiger partial charge < -0.3 is 10.4 Å². The van der Waals surface area contributed by atoms with Gasteiger partial charge in [-0.05, 0) is 23.6 Å². The lowest BCUT2D eigenvalue weighted by Gasteiger charge is -2.26. The van der Waals surface area contributed by atoms with Crippen LogP contribution in [-0.2, 0) is 9.59 Å². The molecule has 7 heteroatoms. The molecule has 0 unspecified atom stereocenters. The van der Waals surface area contributed by atoms with Gasteiger partial charge in [-0.3, -0.25) is 14.2 Å². The first-order valence-corrected chi connectivity index (χ1v) is 9.48. The largest absolute Gasteiger partial charge is 0.479 e. The van der Waals surface area contributed by atoms with E-state index < -0.39 is 24.0 Å². The van der Waals surface area contributed by atoms with Crippen molar-refractivity contribution in [1.29, 1.82) is 0 Å². The second kappa shape index (κ2) is 8.68. The van der Waals surface area contributed by atoms with Crippen molar-refractivity contribution in [2.24, 2.45) is 5.92 Å². The molecule has 0 fully saturated rings. The van der Waals surface area contributed by atoms with Crippen LogP contribution >= 0.6 is 0 Å². The van der Waals surface area contributed by atoms with Crippen LogP contribution in [-0.4, -0.2) is 26.5 Å². The van der Waals surface area contributed by atoms with Crippen molar-refractivity contribution in [3.63, 3.8) is 0 Å². The molecule has 1 amide bonds. The Kier molecular flexibility index (Phi) is 6.07. The molecule has 7 nitrogen and oxygen atoms in total. The summed E-state index contributed by atoms with van der Waals surface area (Å²) in [6.45, 7) is 3.76. The fraction of sp³-hybridized carbons (Fsp3) is 0.273. The summed E-state index contributed by atoms with van der Waals surface area (Å²) in [6, 6.07) is 13.3. The average molecular weight is 393 g/mol. The molecule has 2 N–H and O–H groups in total. The minimum atomic E-state index is -1.21. The zero-order valence-electron chi connectivity index (χ0n) is 16.3. The number of carbonyl (C=O) groups is 2. The minimum absolute atomic E-state index is 0.208. The van der Waals surface area contributed by atoms with Crippen molar-refractivity contribution in [1.82, 2.24) is 14.9 Å². The Bertz CT molecular complexity index is 1080. The number of para-hydroxylation sites is 1. The highest BCUT2D eigenvalue weighted by molar-refractivity contribution is 5.87. The molecule has 0 saturated heterocycles. The lowest BCUT2D eigenvalue weighted by atomic mass is 9.97. The van der Waals surface area contributed by atoms with Gasteiger partial charge >= 0.3 is 5.97 Å². The van der Waals surface area contributed by atoms with E-state index in [2.05, 4.69) is 10.3 Å². The number of benzene rings is 2. The number of fused-ring (bicyclic) bond motifs is 1. The molecule has 0 bridgehead atoms. The summed E-state index contributed by atoms with van der Waals surface area (Å²) in [5, 5.41) is 12.6. The van der Waals surface area contributed by atoms with E-state index in [1.807, 2.05) is 13.8 Å². The van der Waals surface area contributed by atoms with Crippen molar-refractivity contribution in [2.45, 2.75) is 32.4 Å². The second-order valence-electron chi connectivity index (χ2n) is 7.00. The molecule has 0 aliphatic heterocycles. The predicted molar refractivity (Wildman–Crippen MR) is 109 cm³/mol. The molecule has 2 aromatic carbocycles. The summed E-state index contributed by atoms with van der Waals surface area (Å²) >= 11 is 0. The standard InChI is InChI=1S/C22H23N3O4/c1-3-14(2)19(25-13-23-17-12-8-7-11-16(17)21(25)27)20(26)24-18(22(28)29)15-9-5-4-6-10-15/h4-14,18-19H,3H2,1-2H3,(H,24,26)(H,28,29)/t14-,18-,19-/m0/s1. The van der Waals surface area contributed by atoms with Crippen molar-refractivity contribution < 1.29 is 14.7 Å². The Hall–Kier alpha value is -3.48. The summed E-state index contributed by atoms with van der Waals surface area (Å²) in [6.07, 6.45) is 1.99. The summed E-state index contributed by atoms with van der Waals surface area (Å²) in [5.41, 5.74) is 0.674. The number of rotatable bonds is 7. The summed E-state index contributed by atoms with van der Waals surface area (Å²) in [4.78, 5) is 42.3. The fourth-order valence-electron chi connectivity index (χ4n) is 3.32. The first-order chi connectivity index (χ1) is 13.9. The molecule has 3 aromatic rings. The van der Waals surface area contributed by atoms with Gasteiger partial charge in [0.1, 0.15) is 6.04 Å². The van der Waals surface area contributed by atoms with Gasteiger partial charge in [0.05, 0.1) is 17.2 Å². The number of hydrogen-bond donors (Lipinski definition) is 2. The maximum Gasteiger partial charge on any atom is 0.330 e. The lowest BCUT2D eigenvalue weighted by molar-refractivity contribution is -0.142. The van der Waals surface area contributed by atoms with E-state index in [4.69, 9.17) is 0 Å². The number of carboxylic acid groups (broad SMARTS) is 1. The van der Waals surface area contributed by atoms with E-state index in [1.165, 1.54) is 10.9 Å². The highest BCUT2D eigenvalue weighted by Crippen LogP contribution is 2.23. The van der Waals surface area contributed by atoms with Crippen LogP contribution in [0.4, 0.5) is 0 Å². The molecule has 3 rings (SSSR count). The highest BCUT2D eigenvalue weighted by atomic mass is 16.4. The van der Waals surface area contributed by atoms with Crippen LogP contribution in [0, 0.1) is 5.92 Å². The average Bonchev–Trinajstić information content (AvgIpc) is 2.74. The maximum absolute atomic E-state index is 13.2. The van der Waals surface area contributed by atoms with Crippen LogP contribution in [0.2, 0.25) is 0 Å². The molecule has 1 aromatic heterocycles. The van der Waals surface area contributed by atoms with E-state index in [0.717, 1.165) is 0 Å². The Labute approximate surface area is 168 Å². The van der Waals surface area contributed by atoms with Gasteiger partial charge in [0, 0.05) is 0 Å². The van der Waals surface area contributed by atoms with Gasteiger partial charge in [-0.1, -0.05) is 62.7 Å². The van der Waals surface area contributed by atoms with E-state index >= 15 is 0 Å². The number of nitrogens with zero attached hydrogens (tertiary/aromatic N) is 2. The Balaban J connectivity index is 2.01. The monoisotopic (exact) mass is 393 g/mol. The number of hydrogen-bond acceptors (Lipinski definition) is 4. The van der Waals surface area contributed by atoms with Crippen LogP contribution in [0.1, 0.15) is 37.9 Å². The molecule has 0 aliphatic carbocycles. The van der Waals surface area contributed by atoms with Gasteiger partial charge in [-0.15, -0.1) is 0 Å². The Morgan fingerprint density at radius 2 is 1.76 bits per heavy atom. The normalized spacial score (nSPS) is 14.1. The third-order valence-electron chi connectivity index (χ3n) is 5.11. The molecular formula is C22H23N3O4. The quantitative estimate of drug-likeness (QED) is 0.643. The van der Waals surface area contributed by atoms with Gasteiger partial charge in [-0.25, -0.2) is 9.78 Å². The molecular weight excluding hydrogens is 370 g/mol. The fourth-order valence-corrected chi connectivity index (χ4v) is 3.32. The molecule has 0 saturated carbocycles. The maximum atomic E-state index is 13.2. The van der Waals surface area contributed by atoms with E-state index in [0.29, 0.717) is 22.9 Å². The van der Waals surface area contributed by atoms with Gasteiger partial charge in [0.15, 0.2) is 6.04 Å². The molecule has 0 spiro atoms. The van der Waals surface area contributed by atoms with Crippen LogP contribution in [0.5, 0.6) is 0 Å². The van der Waals surface area contributed by atoms with Gasteiger partial charge in [0.25, 0.3) is 5.56 Å². The van der Waals surface area contributed by atoms with Crippen LogP contribution < -0.4 is 10.9 Å². The van der Waals surface area contributed by atoms with E-state index in [9.17, 15) is 19.5 Å². The number of carboxylic acids is 1. The van der Waals surface area contributed by atoms with Crippen molar-refractivity contribution in [3.05, 3.63) is 76.8 Å². The number of amides is 1. The smallest absolute Gasteiger partial charge is 0.330 e. The van der Waals surface area contributed by atoms with Crippen molar-refractivity contribution >= 4 is 22.8 Å². The second-order valence-corrected chi connectivity index (χ2v) is 7.00. The first kappa shape index (κ1) is 20.3. The molecule has 1 heterocycles. The first-order valence-electron chi connectivity index (χ1n) is 9.48. The van der Waals surface area contributed by atoms with Crippen LogP contribution in [0.15, 0.2) is 65.7 Å². The summed E-state index contributed by atoms with van der Waals surface area (Å²) in [7, 11) is 0. The van der Waals surface area contributed by atoms with Crippen molar-refractivity contribution in [3.8, 4) is 0 Å². The number of aromatic nitrogens is 2. The van der Waals surface area contributed by atoms with E-state index in [1.54, 1.807) is 54.6 Å². The third kappa shape index (κ3) is 4.18. The van der Waals surface area contributed by atoms with Crippen molar-refractivity contribution in [2.75, 3.05) is 0 Å². The molecule has 29 heavy (non-hydrogen) atoms. The Morgan fingerprint density at radius 3 is 2.41 bits per heavy atom. The number of nitrogens with one attached hydrogen (secondary N) is 1. The zero-order valence-corrected chi connectivity index (χ0v) is 16.3. The van der Waals surface area contributed by atoms with Gasteiger partial charge in [0.2, 0.25) is 5.91 Å². The lowest BCUT2D eigenvalue weighted by Crippen LogP contribution is -2.43. The topological polar surface area (TPSA) is 101 Å². The number of aliphatic carboxylic acids is 1. The highest BCUT2D eigenvalue weighted by Gasteiger charge is 2.31. The van der Waals surface area contributed by atoms with E-state index in [-0.39, 0.29) is 11.5 Å². The Morgan fingerprint density at radius 1 is 1.10 bits per heavy atom. The molecule has 0 radical (unpaired) electrons. The number of carbonyl (C=O) groups excluding carboxylic acids is 1. The SMILES string of the molecule is CC[C@H](C)[C@@H](C(=O)N[C@H](C(=O)O)c1ccccc1)n1cnc2ccccc2c1=O. The summed E-state index contributed by atoms with van der Waals surface area (Å²) < 4.78 is 1.30.